The van der Waals surface area contributed by atoms with Gasteiger partial charge in [-0.3, -0.25) is 0 Å². The standard InChI is InChI=1S/C16H36OSi/c1-5-6-7-8-9-10-11-12-13-14-15-16-17-18(2,3)4/h5-16H2,1-4H3. The first kappa shape index (κ1) is 18.2. The van der Waals surface area contributed by atoms with E-state index in [0.29, 0.717) is 0 Å². The highest BCUT2D eigenvalue weighted by Gasteiger charge is 2.12. The van der Waals surface area contributed by atoms with Crippen LogP contribution < -0.4 is 0 Å². The van der Waals surface area contributed by atoms with Gasteiger partial charge in [0.2, 0.25) is 0 Å². The van der Waals surface area contributed by atoms with Gasteiger partial charge in [0.05, 0.1) is 0 Å². The first-order valence-electron chi connectivity index (χ1n) is 8.20. The van der Waals surface area contributed by atoms with Crippen molar-refractivity contribution < 1.29 is 4.43 Å². The number of hydrogen-bond acceptors (Lipinski definition) is 1. The van der Waals surface area contributed by atoms with E-state index in [9.17, 15) is 0 Å². The van der Waals surface area contributed by atoms with Gasteiger partial charge in [0.1, 0.15) is 0 Å². The summed E-state index contributed by atoms with van der Waals surface area (Å²) < 4.78 is 5.85. The van der Waals surface area contributed by atoms with Crippen LogP contribution in [0.15, 0.2) is 0 Å². The minimum absolute atomic E-state index is 0.993. The Morgan fingerprint density at radius 3 is 1.39 bits per heavy atom. The summed E-state index contributed by atoms with van der Waals surface area (Å²) in [4.78, 5) is 0. The largest absolute Gasteiger partial charge is 0.418 e. The van der Waals surface area contributed by atoms with E-state index >= 15 is 0 Å². The van der Waals surface area contributed by atoms with Gasteiger partial charge in [-0.25, -0.2) is 0 Å². The summed E-state index contributed by atoms with van der Waals surface area (Å²) in [6.45, 7) is 10.1. The highest BCUT2D eigenvalue weighted by molar-refractivity contribution is 6.69. The highest BCUT2D eigenvalue weighted by Crippen LogP contribution is 2.12. The molecule has 0 aliphatic rings. The Kier molecular flexibility index (Phi) is 12.3. The molecule has 0 spiro atoms. The second kappa shape index (κ2) is 12.2. The molecule has 0 radical (unpaired) electrons. The second-order valence-electron chi connectivity index (χ2n) is 6.50. The lowest BCUT2D eigenvalue weighted by molar-refractivity contribution is 0.298. The van der Waals surface area contributed by atoms with Crippen LogP contribution in [0.4, 0.5) is 0 Å². The van der Waals surface area contributed by atoms with Crippen LogP contribution >= 0.6 is 0 Å². The first-order chi connectivity index (χ1) is 8.56. The molecule has 0 aromatic heterocycles. The zero-order chi connectivity index (χ0) is 13.7. The van der Waals surface area contributed by atoms with Crippen LogP contribution in [0.2, 0.25) is 19.6 Å². The van der Waals surface area contributed by atoms with E-state index in [1.54, 1.807) is 0 Å². The quantitative estimate of drug-likeness (QED) is 0.289. The average Bonchev–Trinajstić information content (AvgIpc) is 2.29. The lowest BCUT2D eigenvalue weighted by Gasteiger charge is -2.16. The molecule has 0 amide bonds. The van der Waals surface area contributed by atoms with Crippen molar-refractivity contribution in [3.8, 4) is 0 Å². The summed E-state index contributed by atoms with van der Waals surface area (Å²) in [7, 11) is -1.25. The number of unbranched alkanes of at least 4 members (excludes halogenated alkanes) is 10. The van der Waals surface area contributed by atoms with E-state index in [2.05, 4.69) is 26.6 Å². The molecule has 0 saturated carbocycles. The third-order valence-corrected chi connectivity index (χ3v) is 4.35. The van der Waals surface area contributed by atoms with Gasteiger partial charge in [-0.1, -0.05) is 71.1 Å². The summed E-state index contributed by atoms with van der Waals surface area (Å²) in [5.74, 6) is 0. The van der Waals surface area contributed by atoms with E-state index in [4.69, 9.17) is 4.43 Å². The molecule has 2 heteroatoms. The van der Waals surface area contributed by atoms with Crippen molar-refractivity contribution in [2.45, 2.75) is 97.2 Å². The number of hydrogen-bond donors (Lipinski definition) is 0. The summed E-state index contributed by atoms with van der Waals surface area (Å²) in [6, 6.07) is 0. The maximum Gasteiger partial charge on any atom is 0.183 e. The lowest BCUT2D eigenvalue weighted by atomic mass is 10.1. The van der Waals surface area contributed by atoms with Crippen molar-refractivity contribution in [2.24, 2.45) is 0 Å². The molecule has 0 aliphatic carbocycles. The van der Waals surface area contributed by atoms with Gasteiger partial charge in [-0.2, -0.15) is 0 Å². The zero-order valence-corrected chi connectivity index (χ0v) is 14.4. The van der Waals surface area contributed by atoms with E-state index in [1.165, 1.54) is 70.6 Å². The third-order valence-electron chi connectivity index (χ3n) is 3.28. The maximum atomic E-state index is 5.85. The Bertz CT molecular complexity index is 163. The highest BCUT2D eigenvalue weighted by atomic mass is 28.4. The van der Waals surface area contributed by atoms with Crippen molar-refractivity contribution in [1.29, 1.82) is 0 Å². The molecule has 18 heavy (non-hydrogen) atoms. The van der Waals surface area contributed by atoms with Crippen LogP contribution in [-0.4, -0.2) is 14.9 Å². The fourth-order valence-corrected chi connectivity index (χ4v) is 2.90. The van der Waals surface area contributed by atoms with Crippen molar-refractivity contribution in [3.63, 3.8) is 0 Å². The van der Waals surface area contributed by atoms with Crippen LogP contribution in [0.3, 0.4) is 0 Å². The maximum absolute atomic E-state index is 5.85. The topological polar surface area (TPSA) is 9.23 Å². The normalized spacial score (nSPS) is 12.0. The summed E-state index contributed by atoms with van der Waals surface area (Å²) in [5, 5.41) is 0. The van der Waals surface area contributed by atoms with Crippen LogP contribution in [0.25, 0.3) is 0 Å². The fourth-order valence-electron chi connectivity index (χ4n) is 2.14. The number of rotatable bonds is 13. The minimum Gasteiger partial charge on any atom is -0.418 e. The molecule has 0 atom stereocenters. The van der Waals surface area contributed by atoms with E-state index in [1.807, 2.05) is 0 Å². The van der Waals surface area contributed by atoms with Gasteiger partial charge in [0, 0.05) is 6.61 Å². The van der Waals surface area contributed by atoms with Crippen molar-refractivity contribution in [1.82, 2.24) is 0 Å². The van der Waals surface area contributed by atoms with Gasteiger partial charge in [-0.05, 0) is 26.1 Å². The minimum atomic E-state index is -1.25. The Morgan fingerprint density at radius 1 is 0.611 bits per heavy atom. The molecule has 1 nitrogen and oxygen atoms in total. The Hall–Kier alpha value is 0.177. The Balaban J connectivity index is 2.99. The molecule has 0 bridgehead atoms. The molecule has 0 N–H and O–H groups in total. The summed E-state index contributed by atoms with van der Waals surface area (Å²) >= 11 is 0. The van der Waals surface area contributed by atoms with Crippen molar-refractivity contribution >= 4 is 8.32 Å². The SMILES string of the molecule is CCCCCCCCCCCCCO[Si](C)(C)C. The molecule has 0 aromatic rings. The molecular formula is C16H36OSi. The molecular weight excluding hydrogens is 236 g/mol. The first-order valence-corrected chi connectivity index (χ1v) is 11.6. The van der Waals surface area contributed by atoms with Gasteiger partial charge < -0.3 is 4.43 Å². The zero-order valence-electron chi connectivity index (χ0n) is 13.4. The summed E-state index contributed by atoms with van der Waals surface area (Å²) in [5.41, 5.74) is 0. The van der Waals surface area contributed by atoms with Crippen molar-refractivity contribution in [3.05, 3.63) is 0 Å². The molecule has 0 heterocycles. The van der Waals surface area contributed by atoms with Crippen LogP contribution in [0.1, 0.15) is 77.6 Å². The van der Waals surface area contributed by atoms with E-state index < -0.39 is 8.32 Å². The second-order valence-corrected chi connectivity index (χ2v) is 11.0. The average molecular weight is 273 g/mol. The molecule has 0 aliphatic heterocycles. The van der Waals surface area contributed by atoms with Gasteiger partial charge in [-0.15, -0.1) is 0 Å². The van der Waals surface area contributed by atoms with E-state index in [0.717, 1.165) is 6.61 Å². The Labute approximate surface area is 117 Å². The molecule has 0 fully saturated rings. The van der Waals surface area contributed by atoms with Gasteiger partial charge in [0.25, 0.3) is 0 Å². The molecule has 0 saturated heterocycles. The van der Waals surface area contributed by atoms with Crippen molar-refractivity contribution in [2.75, 3.05) is 6.61 Å². The predicted molar refractivity (Wildman–Crippen MR) is 85.8 cm³/mol. The van der Waals surface area contributed by atoms with E-state index in [-0.39, 0.29) is 0 Å². The molecule has 0 rings (SSSR count). The third kappa shape index (κ3) is 16.2. The van der Waals surface area contributed by atoms with Crippen LogP contribution in [0, 0.1) is 0 Å². The molecule has 0 unspecified atom stereocenters. The summed E-state index contributed by atoms with van der Waals surface area (Å²) in [6.07, 6.45) is 15.5. The Morgan fingerprint density at radius 2 is 1.00 bits per heavy atom. The van der Waals surface area contributed by atoms with Gasteiger partial charge in [0.15, 0.2) is 8.32 Å². The fraction of sp³-hybridized carbons (Fsp3) is 1.00. The lowest BCUT2D eigenvalue weighted by Crippen LogP contribution is -2.25. The van der Waals surface area contributed by atoms with Gasteiger partial charge >= 0.3 is 0 Å². The smallest absolute Gasteiger partial charge is 0.183 e. The van der Waals surface area contributed by atoms with Crippen LogP contribution in [-0.2, 0) is 4.43 Å². The predicted octanol–water partition coefficient (Wildman–Crippen LogP) is 6.15. The molecule has 110 valence electrons. The molecule has 0 aromatic carbocycles. The van der Waals surface area contributed by atoms with Crippen LogP contribution in [0.5, 0.6) is 0 Å². The monoisotopic (exact) mass is 272 g/mol.